The van der Waals surface area contributed by atoms with Crippen molar-refractivity contribution in [3.63, 3.8) is 0 Å². The summed E-state index contributed by atoms with van der Waals surface area (Å²) >= 11 is 0. The summed E-state index contributed by atoms with van der Waals surface area (Å²) in [5.74, 6) is -1.31. The van der Waals surface area contributed by atoms with Crippen molar-refractivity contribution in [3.05, 3.63) is 64.2 Å². The Kier molecular flexibility index (Phi) is 5.08. The summed E-state index contributed by atoms with van der Waals surface area (Å²) < 4.78 is 0. The largest absolute Gasteiger partial charge is 0.479 e. The van der Waals surface area contributed by atoms with E-state index in [1.165, 1.54) is 12.1 Å². The predicted octanol–water partition coefficient (Wildman–Crippen LogP) is 3.20. The molecule has 2 atom stereocenters. The third-order valence-electron chi connectivity index (χ3n) is 3.75. The summed E-state index contributed by atoms with van der Waals surface area (Å²) in [6, 6.07) is 13.8. The van der Waals surface area contributed by atoms with Gasteiger partial charge in [0.1, 0.15) is 0 Å². The van der Waals surface area contributed by atoms with Gasteiger partial charge in [-0.05, 0) is 41.2 Å². The first-order chi connectivity index (χ1) is 10.9. The Morgan fingerprint density at radius 2 is 1.57 bits per heavy atom. The molecule has 6 nitrogen and oxygen atoms in total. The molecule has 0 bridgehead atoms. The number of aliphatic carboxylic acids is 1. The standard InChI is InChI=1S/C17H17NO5/c1-11(10-16(19)17(20)21)12-2-4-13(5-3-12)14-6-8-15(9-7-14)18(22)23/h2-9,11,16,19H,10H2,1H3,(H,20,21). The number of benzene rings is 2. The molecule has 0 saturated heterocycles. The molecule has 2 rings (SSSR count). The topological polar surface area (TPSA) is 101 Å². The van der Waals surface area contributed by atoms with Crippen molar-refractivity contribution in [2.45, 2.75) is 25.4 Å². The molecule has 23 heavy (non-hydrogen) atoms. The smallest absolute Gasteiger partial charge is 0.332 e. The molecule has 0 radical (unpaired) electrons. The number of aliphatic hydroxyl groups excluding tert-OH is 1. The summed E-state index contributed by atoms with van der Waals surface area (Å²) in [5, 5.41) is 28.8. The summed E-state index contributed by atoms with van der Waals surface area (Å²) in [4.78, 5) is 20.9. The number of rotatable bonds is 6. The Morgan fingerprint density at radius 3 is 2.00 bits per heavy atom. The number of nitro groups is 1. The Balaban J connectivity index is 2.12. The zero-order chi connectivity index (χ0) is 17.0. The van der Waals surface area contributed by atoms with Crippen LogP contribution in [0.25, 0.3) is 11.1 Å². The van der Waals surface area contributed by atoms with Crippen LogP contribution in [-0.4, -0.2) is 27.2 Å². The van der Waals surface area contributed by atoms with Gasteiger partial charge in [0.2, 0.25) is 0 Å². The second kappa shape index (κ2) is 7.02. The summed E-state index contributed by atoms with van der Waals surface area (Å²) in [5.41, 5.74) is 2.74. The highest BCUT2D eigenvalue weighted by atomic mass is 16.6. The van der Waals surface area contributed by atoms with E-state index in [-0.39, 0.29) is 18.0 Å². The van der Waals surface area contributed by atoms with Gasteiger partial charge in [0.15, 0.2) is 6.10 Å². The maximum Gasteiger partial charge on any atom is 0.332 e. The fourth-order valence-electron chi connectivity index (χ4n) is 2.35. The molecule has 0 aromatic heterocycles. The summed E-state index contributed by atoms with van der Waals surface area (Å²) in [6.45, 7) is 1.85. The van der Waals surface area contributed by atoms with Crippen LogP contribution in [0.15, 0.2) is 48.5 Å². The Bertz CT molecular complexity index is 694. The van der Waals surface area contributed by atoms with E-state index < -0.39 is 17.0 Å². The highest BCUT2D eigenvalue weighted by Gasteiger charge is 2.18. The molecule has 2 aromatic carbocycles. The second-order valence-electron chi connectivity index (χ2n) is 5.42. The van der Waals surface area contributed by atoms with Crippen LogP contribution in [0, 0.1) is 10.1 Å². The molecule has 0 aliphatic carbocycles. The number of hydrogen-bond donors (Lipinski definition) is 2. The van der Waals surface area contributed by atoms with Crippen molar-refractivity contribution in [1.82, 2.24) is 0 Å². The zero-order valence-corrected chi connectivity index (χ0v) is 12.5. The van der Waals surface area contributed by atoms with Crippen molar-refractivity contribution in [2.24, 2.45) is 0 Å². The van der Waals surface area contributed by atoms with Crippen molar-refractivity contribution in [1.29, 1.82) is 0 Å². The molecule has 0 saturated carbocycles. The highest BCUT2D eigenvalue weighted by Crippen LogP contribution is 2.26. The van der Waals surface area contributed by atoms with E-state index in [0.29, 0.717) is 0 Å². The van der Waals surface area contributed by atoms with Crippen LogP contribution >= 0.6 is 0 Å². The van der Waals surface area contributed by atoms with Gasteiger partial charge in [0.05, 0.1) is 4.92 Å². The molecule has 0 heterocycles. The van der Waals surface area contributed by atoms with Crippen LogP contribution in [0.1, 0.15) is 24.8 Å². The first kappa shape index (κ1) is 16.6. The van der Waals surface area contributed by atoms with Gasteiger partial charge in [-0.25, -0.2) is 4.79 Å². The average molecular weight is 315 g/mol. The molecular formula is C17H17NO5. The van der Waals surface area contributed by atoms with Gasteiger partial charge >= 0.3 is 5.97 Å². The SMILES string of the molecule is CC(CC(O)C(=O)O)c1ccc(-c2ccc([N+](=O)[O-])cc2)cc1. The maximum absolute atomic E-state index is 10.7. The number of non-ortho nitro benzene ring substituents is 1. The number of aliphatic hydroxyl groups is 1. The second-order valence-corrected chi connectivity index (χ2v) is 5.42. The minimum atomic E-state index is -1.38. The Hall–Kier alpha value is -2.73. The fourth-order valence-corrected chi connectivity index (χ4v) is 2.35. The lowest BCUT2D eigenvalue weighted by Crippen LogP contribution is -2.21. The molecule has 0 aliphatic rings. The van der Waals surface area contributed by atoms with Crippen molar-refractivity contribution in [2.75, 3.05) is 0 Å². The molecule has 2 unspecified atom stereocenters. The lowest BCUT2D eigenvalue weighted by molar-refractivity contribution is -0.384. The van der Waals surface area contributed by atoms with Crippen molar-refractivity contribution < 1.29 is 19.9 Å². The summed E-state index contributed by atoms with van der Waals surface area (Å²) in [7, 11) is 0. The van der Waals surface area contributed by atoms with Crippen LogP contribution < -0.4 is 0 Å². The highest BCUT2D eigenvalue weighted by molar-refractivity contribution is 5.72. The van der Waals surface area contributed by atoms with Crippen LogP contribution in [0.4, 0.5) is 5.69 Å². The van der Waals surface area contributed by atoms with E-state index in [4.69, 9.17) is 5.11 Å². The van der Waals surface area contributed by atoms with Gasteiger partial charge in [-0.3, -0.25) is 10.1 Å². The first-order valence-corrected chi connectivity index (χ1v) is 7.14. The number of nitrogens with zero attached hydrogens (tertiary/aromatic N) is 1. The molecule has 2 N–H and O–H groups in total. The predicted molar refractivity (Wildman–Crippen MR) is 85.2 cm³/mol. The van der Waals surface area contributed by atoms with Crippen molar-refractivity contribution in [3.8, 4) is 11.1 Å². The minimum Gasteiger partial charge on any atom is -0.479 e. The van der Waals surface area contributed by atoms with Gasteiger partial charge in [-0.1, -0.05) is 31.2 Å². The lowest BCUT2D eigenvalue weighted by atomic mass is 9.93. The van der Waals surface area contributed by atoms with Gasteiger partial charge < -0.3 is 10.2 Å². The van der Waals surface area contributed by atoms with Crippen LogP contribution in [0.2, 0.25) is 0 Å². The number of nitro benzene ring substituents is 1. The maximum atomic E-state index is 10.7. The van der Waals surface area contributed by atoms with Crippen LogP contribution in [0.3, 0.4) is 0 Å². The third kappa shape index (κ3) is 4.14. The van der Waals surface area contributed by atoms with E-state index in [1.54, 1.807) is 12.1 Å². The average Bonchev–Trinajstić information content (AvgIpc) is 2.55. The van der Waals surface area contributed by atoms with Gasteiger partial charge in [0.25, 0.3) is 5.69 Å². The zero-order valence-electron chi connectivity index (χ0n) is 12.5. The molecule has 0 spiro atoms. The van der Waals surface area contributed by atoms with E-state index in [0.717, 1.165) is 16.7 Å². The van der Waals surface area contributed by atoms with E-state index >= 15 is 0 Å². The van der Waals surface area contributed by atoms with Gasteiger partial charge in [0, 0.05) is 12.1 Å². The fraction of sp³-hybridized carbons (Fsp3) is 0.235. The first-order valence-electron chi connectivity index (χ1n) is 7.14. The number of carboxylic acids is 1. The van der Waals surface area contributed by atoms with E-state index in [1.807, 2.05) is 31.2 Å². The molecule has 0 aliphatic heterocycles. The van der Waals surface area contributed by atoms with Gasteiger partial charge in [-0.15, -0.1) is 0 Å². The van der Waals surface area contributed by atoms with Crippen LogP contribution in [0.5, 0.6) is 0 Å². The summed E-state index contributed by atoms with van der Waals surface area (Å²) in [6.07, 6.45) is -1.23. The Labute approximate surface area is 133 Å². The Morgan fingerprint density at radius 1 is 1.09 bits per heavy atom. The van der Waals surface area contributed by atoms with Gasteiger partial charge in [-0.2, -0.15) is 0 Å². The van der Waals surface area contributed by atoms with Crippen molar-refractivity contribution >= 4 is 11.7 Å². The molecule has 0 amide bonds. The monoisotopic (exact) mass is 315 g/mol. The lowest BCUT2D eigenvalue weighted by Gasteiger charge is -2.14. The molecule has 120 valence electrons. The number of hydrogen-bond acceptors (Lipinski definition) is 4. The minimum absolute atomic E-state index is 0.0432. The molecule has 2 aromatic rings. The normalized spacial score (nSPS) is 13.3. The molecule has 6 heteroatoms. The number of carboxylic acid groups (broad SMARTS) is 1. The third-order valence-corrected chi connectivity index (χ3v) is 3.75. The van der Waals surface area contributed by atoms with E-state index in [9.17, 15) is 20.0 Å². The van der Waals surface area contributed by atoms with E-state index in [2.05, 4.69) is 0 Å². The van der Waals surface area contributed by atoms with Crippen LogP contribution in [-0.2, 0) is 4.79 Å². The molecular weight excluding hydrogens is 298 g/mol. The molecule has 0 fully saturated rings. The quantitative estimate of drug-likeness (QED) is 0.629. The number of carbonyl (C=O) groups is 1.